The van der Waals surface area contributed by atoms with E-state index in [1.807, 2.05) is 63.2 Å². The summed E-state index contributed by atoms with van der Waals surface area (Å²) >= 11 is 5.55. The number of halogens is 1. The van der Waals surface area contributed by atoms with Gasteiger partial charge in [-0.1, -0.05) is 40.2 Å². The largest absolute Gasteiger partial charge is 0.494 e. The molecule has 2 aromatic carbocycles. The van der Waals surface area contributed by atoms with Crippen LogP contribution in [0.5, 0.6) is 5.75 Å². The number of alkyl halides is 1. The number of carbonyl (C=O) groups excluding carboxylic acids is 3. The number of hydrogen-bond donors (Lipinski definition) is 1. The third-order valence-electron chi connectivity index (χ3n) is 9.64. The van der Waals surface area contributed by atoms with E-state index in [1.165, 1.54) is 0 Å². The second kappa shape index (κ2) is 15.0. The number of ether oxygens (including phenoxy) is 1. The summed E-state index contributed by atoms with van der Waals surface area (Å²) in [6, 6.07) is 12.7. The first-order valence-corrected chi connectivity index (χ1v) is 18.3. The Labute approximate surface area is 291 Å². The van der Waals surface area contributed by atoms with Crippen molar-refractivity contribution < 1.29 is 24.2 Å². The number of aliphatic hydroxyl groups is 1. The van der Waals surface area contributed by atoms with Gasteiger partial charge in [0.1, 0.15) is 11.8 Å². The fourth-order valence-corrected chi connectivity index (χ4v) is 11.2. The zero-order valence-corrected chi connectivity index (χ0v) is 30.0. The van der Waals surface area contributed by atoms with Gasteiger partial charge in [0.05, 0.1) is 23.2 Å². The summed E-state index contributed by atoms with van der Waals surface area (Å²) in [5.41, 5.74) is 3.50. The average molecular weight is 725 g/mol. The van der Waals surface area contributed by atoms with Crippen molar-refractivity contribution in [1.82, 2.24) is 4.90 Å². The molecule has 0 aliphatic carbocycles. The number of fused-ring (bicyclic) bond motifs is 1. The molecule has 1 spiro atoms. The van der Waals surface area contributed by atoms with Gasteiger partial charge in [-0.2, -0.15) is 0 Å². The number of likely N-dealkylation sites (tertiary alicyclic amines) is 1. The van der Waals surface area contributed by atoms with Crippen molar-refractivity contribution >= 4 is 56.8 Å². The van der Waals surface area contributed by atoms with Crippen molar-refractivity contribution in [3.63, 3.8) is 0 Å². The maximum Gasteiger partial charge on any atom is 0.251 e. The summed E-state index contributed by atoms with van der Waals surface area (Å²) < 4.78 is 4.84. The normalized spacial score (nSPS) is 25.9. The molecule has 2 aromatic rings. The van der Waals surface area contributed by atoms with Gasteiger partial charge in [-0.05, 0) is 87.9 Å². The van der Waals surface area contributed by atoms with Gasteiger partial charge in [0, 0.05) is 47.7 Å². The molecule has 3 unspecified atom stereocenters. The van der Waals surface area contributed by atoms with Gasteiger partial charge < -0.3 is 24.5 Å². The fraction of sp³-hybridized carbons (Fsp3) is 0.486. The molecule has 3 aliphatic rings. The van der Waals surface area contributed by atoms with Crippen LogP contribution in [0.25, 0.3) is 0 Å². The van der Waals surface area contributed by atoms with Crippen LogP contribution in [-0.2, 0) is 14.4 Å². The monoisotopic (exact) mass is 723 g/mol. The van der Waals surface area contributed by atoms with Crippen molar-refractivity contribution in [3.05, 3.63) is 78.9 Å². The lowest BCUT2D eigenvalue weighted by Crippen LogP contribution is -2.56. The average Bonchev–Trinajstić information content (AvgIpc) is 3.65. The van der Waals surface area contributed by atoms with Gasteiger partial charge in [-0.15, -0.1) is 24.9 Å². The number of benzene rings is 2. The van der Waals surface area contributed by atoms with Gasteiger partial charge in [0.25, 0.3) is 5.91 Å². The zero-order valence-electron chi connectivity index (χ0n) is 27.6. The molecule has 0 aromatic heterocycles. The Morgan fingerprint density at radius 1 is 1.06 bits per heavy atom. The van der Waals surface area contributed by atoms with Crippen LogP contribution < -0.4 is 14.5 Å². The molecule has 8 nitrogen and oxygen atoms in total. The lowest BCUT2D eigenvalue weighted by Gasteiger charge is -2.38. The van der Waals surface area contributed by atoms with Crippen molar-refractivity contribution in [2.75, 3.05) is 42.6 Å². The highest BCUT2D eigenvalue weighted by Gasteiger charge is 2.76. The van der Waals surface area contributed by atoms with Gasteiger partial charge >= 0.3 is 0 Å². The van der Waals surface area contributed by atoms with Crippen LogP contribution >= 0.6 is 27.7 Å². The lowest BCUT2D eigenvalue weighted by molar-refractivity contribution is -0.139. The molecule has 252 valence electrons. The summed E-state index contributed by atoms with van der Waals surface area (Å²) in [6.45, 7) is 15.4. The number of aliphatic hydroxyl groups excluding tert-OH is 1. The molecule has 0 radical (unpaired) electrons. The topological polar surface area (TPSA) is 90.4 Å². The summed E-state index contributed by atoms with van der Waals surface area (Å²) in [4.78, 5) is 49.6. The van der Waals surface area contributed by atoms with E-state index in [4.69, 9.17) is 4.74 Å². The van der Waals surface area contributed by atoms with Gasteiger partial charge in [0.2, 0.25) is 11.8 Å². The molecular weight excluding hydrogens is 678 g/mol. The van der Waals surface area contributed by atoms with Crippen LogP contribution in [0, 0.1) is 25.7 Å². The minimum absolute atomic E-state index is 0.0467. The third kappa shape index (κ3) is 6.53. The first-order valence-electron chi connectivity index (χ1n) is 16.5. The Morgan fingerprint density at radius 3 is 2.43 bits per heavy atom. The first kappa shape index (κ1) is 35.2. The highest BCUT2D eigenvalue weighted by molar-refractivity contribution is 9.09. The van der Waals surface area contributed by atoms with Crippen LogP contribution in [0.1, 0.15) is 43.7 Å². The number of carbonyl (C=O) groups is 3. The van der Waals surface area contributed by atoms with E-state index in [0.717, 1.165) is 23.2 Å². The SMILES string of the molecule is C=CCN(C(=O)[C@H]1[C@@H]2SC3(CC2Br)C(C(=O)N(CC=C)c2cc(C)ccc2C)N(CCCCCO)C(=O)[C@H]13)c1ccc(OCC)cc1. The number of unbranched alkanes of at least 4 members (excludes halogenated alkanes) is 2. The van der Waals surface area contributed by atoms with E-state index in [2.05, 4.69) is 29.1 Å². The summed E-state index contributed by atoms with van der Waals surface area (Å²) in [5.74, 6) is -0.971. The molecule has 6 atom stereocenters. The second-order valence-corrected chi connectivity index (χ2v) is 15.4. The van der Waals surface area contributed by atoms with Crippen molar-refractivity contribution in [2.45, 2.75) is 67.3 Å². The standard InChI is InChI=1S/C37H46BrN3O5S/c1-6-18-39(26-14-16-27(17-15-26)46-8-3)34(43)30-31-35(44)41(20-10-9-11-21-42)33(37(31)23-28(38)32(30)47-37)36(45)40(19-7-2)29-22-24(4)12-13-25(29)5/h6-7,12-17,22,28,30-33,42H,1-2,8-11,18-21,23H2,3-5H3/t28?,30-,31+,32-,33?,37?/m1/s1. The lowest BCUT2D eigenvalue weighted by atomic mass is 9.70. The van der Waals surface area contributed by atoms with E-state index in [1.54, 1.807) is 38.6 Å². The van der Waals surface area contributed by atoms with Gasteiger partial charge in [0.15, 0.2) is 0 Å². The summed E-state index contributed by atoms with van der Waals surface area (Å²) in [6.07, 6.45) is 6.04. The molecule has 0 saturated carbocycles. The fourth-order valence-electron chi connectivity index (χ4n) is 7.62. The highest BCUT2D eigenvalue weighted by Crippen LogP contribution is 2.68. The number of amides is 3. The van der Waals surface area contributed by atoms with Crippen molar-refractivity contribution in [3.8, 4) is 5.75 Å². The van der Waals surface area contributed by atoms with E-state index in [9.17, 15) is 19.5 Å². The smallest absolute Gasteiger partial charge is 0.251 e. The maximum atomic E-state index is 15.0. The van der Waals surface area contributed by atoms with Crippen LogP contribution in [0.15, 0.2) is 67.8 Å². The number of rotatable bonds is 15. The zero-order chi connectivity index (χ0) is 33.9. The quantitative estimate of drug-likeness (QED) is 0.136. The predicted molar refractivity (Wildman–Crippen MR) is 193 cm³/mol. The van der Waals surface area contributed by atoms with Crippen molar-refractivity contribution in [1.29, 1.82) is 0 Å². The Balaban J connectivity index is 1.56. The molecular formula is C37H46BrN3O5S. The molecule has 3 heterocycles. The number of nitrogens with zero attached hydrogens (tertiary/aromatic N) is 3. The molecule has 2 bridgehead atoms. The van der Waals surface area contributed by atoms with E-state index >= 15 is 0 Å². The molecule has 3 amide bonds. The molecule has 3 fully saturated rings. The summed E-state index contributed by atoms with van der Waals surface area (Å²) in [5, 5.41) is 9.24. The molecule has 3 saturated heterocycles. The Morgan fingerprint density at radius 2 is 1.77 bits per heavy atom. The van der Waals surface area contributed by atoms with Crippen LogP contribution in [0.3, 0.4) is 0 Å². The number of hydrogen-bond acceptors (Lipinski definition) is 6. The molecule has 47 heavy (non-hydrogen) atoms. The minimum Gasteiger partial charge on any atom is -0.494 e. The molecule has 3 aliphatic heterocycles. The minimum atomic E-state index is -0.778. The van der Waals surface area contributed by atoms with Crippen molar-refractivity contribution in [2.24, 2.45) is 11.8 Å². The second-order valence-electron chi connectivity index (χ2n) is 12.7. The highest BCUT2D eigenvalue weighted by atomic mass is 79.9. The van der Waals surface area contributed by atoms with Crippen LogP contribution in [0.4, 0.5) is 11.4 Å². The Kier molecular flexibility index (Phi) is 11.2. The van der Waals surface area contributed by atoms with Crippen LogP contribution in [-0.4, -0.2) is 81.4 Å². The van der Waals surface area contributed by atoms with E-state index in [0.29, 0.717) is 50.4 Å². The van der Waals surface area contributed by atoms with E-state index < -0.39 is 22.6 Å². The maximum absolute atomic E-state index is 15.0. The predicted octanol–water partition coefficient (Wildman–Crippen LogP) is 6.07. The first-order chi connectivity index (χ1) is 22.6. The number of thioether (sulfide) groups is 1. The third-order valence-corrected chi connectivity index (χ3v) is 12.9. The Hall–Kier alpha value is -3.08. The molecule has 5 rings (SSSR count). The van der Waals surface area contributed by atoms with Crippen LogP contribution in [0.2, 0.25) is 0 Å². The van der Waals surface area contributed by atoms with Gasteiger partial charge in [-0.25, -0.2) is 0 Å². The van der Waals surface area contributed by atoms with E-state index in [-0.39, 0.29) is 41.0 Å². The molecule has 1 N–H and O–H groups in total. The van der Waals surface area contributed by atoms with Gasteiger partial charge in [-0.3, -0.25) is 14.4 Å². The summed E-state index contributed by atoms with van der Waals surface area (Å²) in [7, 11) is 0. The Bertz CT molecular complexity index is 1500. The number of aryl methyl sites for hydroxylation is 2. The number of anilines is 2. The molecule has 10 heteroatoms.